The summed E-state index contributed by atoms with van der Waals surface area (Å²) < 4.78 is 18.8. The van der Waals surface area contributed by atoms with Gasteiger partial charge in [0.05, 0.1) is 5.69 Å². The Labute approximate surface area is 115 Å². The molecule has 1 aliphatic heterocycles. The maximum absolute atomic E-state index is 13.9. The normalized spacial score (nSPS) is 18.9. The quantitative estimate of drug-likeness (QED) is 0.844. The van der Waals surface area contributed by atoms with Gasteiger partial charge in [-0.05, 0) is 24.6 Å². The number of rotatable bonds is 2. The molecule has 0 spiro atoms. The van der Waals surface area contributed by atoms with Gasteiger partial charge < -0.3 is 9.42 Å². The van der Waals surface area contributed by atoms with Gasteiger partial charge in [-0.25, -0.2) is 4.39 Å². The largest absolute Gasteiger partial charge is 0.340 e. The molecule has 0 saturated carbocycles. The monoisotopic (exact) mass is 275 g/mol. The molecular weight excluding hydrogens is 261 g/mol. The number of nitrogens with zero attached hydrogens (tertiary/aromatic N) is 3. The Kier molecular flexibility index (Phi) is 3.00. The highest BCUT2D eigenvalue weighted by atomic mass is 19.1. The van der Waals surface area contributed by atoms with Crippen LogP contribution in [0.5, 0.6) is 0 Å². The van der Waals surface area contributed by atoms with E-state index in [0.29, 0.717) is 23.9 Å². The van der Waals surface area contributed by atoms with Gasteiger partial charge in [-0.3, -0.25) is 4.79 Å². The first-order chi connectivity index (χ1) is 9.54. The molecule has 0 aliphatic carbocycles. The summed E-state index contributed by atoms with van der Waals surface area (Å²) in [4.78, 5) is 17.7. The molecule has 1 saturated heterocycles. The number of anilines is 1. The van der Waals surface area contributed by atoms with Gasteiger partial charge in [-0.1, -0.05) is 11.2 Å². The van der Waals surface area contributed by atoms with Crippen molar-refractivity contribution < 1.29 is 13.7 Å². The molecule has 20 heavy (non-hydrogen) atoms. The van der Waals surface area contributed by atoms with Crippen LogP contribution >= 0.6 is 0 Å². The summed E-state index contributed by atoms with van der Waals surface area (Å²) in [5.41, 5.74) is 1.23. The van der Waals surface area contributed by atoms with Crippen LogP contribution in [-0.2, 0) is 4.79 Å². The lowest BCUT2D eigenvalue weighted by atomic mass is 10.1. The first-order valence-electron chi connectivity index (χ1n) is 6.41. The Hall–Kier alpha value is -2.24. The number of aromatic nitrogens is 2. The number of carbonyl (C=O) groups is 1. The van der Waals surface area contributed by atoms with Crippen molar-refractivity contribution in [2.45, 2.75) is 26.2 Å². The summed E-state index contributed by atoms with van der Waals surface area (Å²) in [5, 5.41) is 3.84. The number of aryl methyl sites for hydroxylation is 2. The second-order valence-electron chi connectivity index (χ2n) is 5.03. The van der Waals surface area contributed by atoms with Gasteiger partial charge >= 0.3 is 0 Å². The zero-order valence-corrected chi connectivity index (χ0v) is 11.3. The molecule has 3 rings (SSSR count). The summed E-state index contributed by atoms with van der Waals surface area (Å²) in [7, 11) is 0. The first kappa shape index (κ1) is 12.8. The minimum absolute atomic E-state index is 0.123. The predicted molar refractivity (Wildman–Crippen MR) is 69.9 cm³/mol. The summed E-state index contributed by atoms with van der Waals surface area (Å²) in [6.45, 7) is 3.94. The van der Waals surface area contributed by atoms with Crippen molar-refractivity contribution in [3.05, 3.63) is 41.3 Å². The number of carbonyl (C=O) groups excluding carboxylic acids is 1. The van der Waals surface area contributed by atoms with Crippen molar-refractivity contribution in [2.75, 3.05) is 11.4 Å². The summed E-state index contributed by atoms with van der Waals surface area (Å²) >= 11 is 0. The van der Waals surface area contributed by atoms with Crippen LogP contribution in [0.15, 0.2) is 22.7 Å². The molecular formula is C14H14FN3O2. The third kappa shape index (κ3) is 2.17. The molecule has 2 heterocycles. The van der Waals surface area contributed by atoms with E-state index in [1.165, 1.54) is 11.0 Å². The summed E-state index contributed by atoms with van der Waals surface area (Å²) in [5.74, 6) is 0.301. The number of halogens is 1. The average Bonchev–Trinajstić information content (AvgIpc) is 2.99. The second-order valence-corrected chi connectivity index (χ2v) is 5.03. The SMILES string of the molecule is Cc1ccc(F)c(N2CC(c3noc(C)n3)CC2=O)c1. The van der Waals surface area contributed by atoms with E-state index in [-0.39, 0.29) is 18.2 Å². The number of hydrogen-bond donors (Lipinski definition) is 0. The number of hydrogen-bond acceptors (Lipinski definition) is 4. The molecule has 1 atom stereocenters. The molecule has 1 aromatic heterocycles. The van der Waals surface area contributed by atoms with Crippen molar-refractivity contribution >= 4 is 11.6 Å². The Morgan fingerprint density at radius 1 is 1.40 bits per heavy atom. The highest BCUT2D eigenvalue weighted by molar-refractivity contribution is 5.96. The Morgan fingerprint density at radius 2 is 2.20 bits per heavy atom. The lowest BCUT2D eigenvalue weighted by Gasteiger charge is -2.17. The third-order valence-electron chi connectivity index (χ3n) is 3.43. The van der Waals surface area contributed by atoms with Gasteiger partial charge in [0.1, 0.15) is 5.82 Å². The van der Waals surface area contributed by atoms with Gasteiger partial charge in [0.2, 0.25) is 11.8 Å². The van der Waals surface area contributed by atoms with Crippen LogP contribution in [0, 0.1) is 19.7 Å². The van der Waals surface area contributed by atoms with Crippen LogP contribution in [-0.4, -0.2) is 22.6 Å². The smallest absolute Gasteiger partial charge is 0.227 e. The molecule has 1 unspecified atom stereocenters. The van der Waals surface area contributed by atoms with Crippen molar-refractivity contribution in [3.63, 3.8) is 0 Å². The summed E-state index contributed by atoms with van der Waals surface area (Å²) in [6.07, 6.45) is 0.270. The fourth-order valence-electron chi connectivity index (χ4n) is 2.42. The van der Waals surface area contributed by atoms with E-state index in [0.717, 1.165) is 5.56 Å². The molecule has 5 nitrogen and oxygen atoms in total. The van der Waals surface area contributed by atoms with Gasteiger partial charge in [0, 0.05) is 25.8 Å². The minimum atomic E-state index is -0.395. The standard InChI is InChI=1S/C14H14FN3O2/c1-8-3-4-11(15)12(5-8)18-7-10(6-13(18)19)14-16-9(2)20-17-14/h3-5,10H,6-7H2,1-2H3. The van der Waals surface area contributed by atoms with Crippen LogP contribution in [0.4, 0.5) is 10.1 Å². The molecule has 2 aromatic rings. The van der Waals surface area contributed by atoms with Crippen LogP contribution in [0.1, 0.15) is 29.6 Å². The summed E-state index contributed by atoms with van der Waals surface area (Å²) in [6, 6.07) is 4.74. The zero-order chi connectivity index (χ0) is 14.3. The van der Waals surface area contributed by atoms with E-state index in [2.05, 4.69) is 10.1 Å². The van der Waals surface area contributed by atoms with E-state index >= 15 is 0 Å². The Balaban J connectivity index is 1.89. The van der Waals surface area contributed by atoms with Crippen LogP contribution in [0.3, 0.4) is 0 Å². The van der Waals surface area contributed by atoms with Gasteiger partial charge in [0.15, 0.2) is 5.82 Å². The lowest BCUT2D eigenvalue weighted by Crippen LogP contribution is -2.25. The molecule has 0 bridgehead atoms. The Morgan fingerprint density at radius 3 is 2.90 bits per heavy atom. The van der Waals surface area contributed by atoms with E-state index in [1.807, 2.05) is 6.92 Å². The van der Waals surface area contributed by atoms with Crippen LogP contribution in [0.2, 0.25) is 0 Å². The third-order valence-corrected chi connectivity index (χ3v) is 3.43. The van der Waals surface area contributed by atoms with Gasteiger partial charge in [-0.2, -0.15) is 4.98 Å². The zero-order valence-electron chi connectivity index (χ0n) is 11.3. The van der Waals surface area contributed by atoms with Gasteiger partial charge in [-0.15, -0.1) is 0 Å². The molecule has 0 N–H and O–H groups in total. The maximum atomic E-state index is 13.9. The van der Waals surface area contributed by atoms with Crippen LogP contribution < -0.4 is 4.90 Å². The van der Waals surface area contributed by atoms with Crippen molar-refractivity contribution in [2.24, 2.45) is 0 Å². The number of amides is 1. The molecule has 1 fully saturated rings. The fourth-order valence-corrected chi connectivity index (χ4v) is 2.42. The molecule has 6 heteroatoms. The topological polar surface area (TPSA) is 59.2 Å². The fraction of sp³-hybridized carbons (Fsp3) is 0.357. The first-order valence-corrected chi connectivity index (χ1v) is 6.41. The van der Waals surface area contributed by atoms with E-state index in [9.17, 15) is 9.18 Å². The van der Waals surface area contributed by atoms with Gasteiger partial charge in [0.25, 0.3) is 0 Å². The maximum Gasteiger partial charge on any atom is 0.227 e. The molecule has 1 aromatic carbocycles. The van der Waals surface area contributed by atoms with Crippen molar-refractivity contribution in [1.29, 1.82) is 0 Å². The highest BCUT2D eigenvalue weighted by Gasteiger charge is 2.35. The van der Waals surface area contributed by atoms with Crippen molar-refractivity contribution in [3.8, 4) is 0 Å². The highest BCUT2D eigenvalue weighted by Crippen LogP contribution is 2.32. The molecule has 0 radical (unpaired) electrons. The molecule has 104 valence electrons. The second kappa shape index (κ2) is 4.70. The van der Waals surface area contributed by atoms with E-state index in [4.69, 9.17) is 4.52 Å². The minimum Gasteiger partial charge on any atom is -0.340 e. The van der Waals surface area contributed by atoms with E-state index < -0.39 is 5.82 Å². The van der Waals surface area contributed by atoms with Crippen molar-refractivity contribution in [1.82, 2.24) is 10.1 Å². The van der Waals surface area contributed by atoms with E-state index in [1.54, 1.807) is 19.1 Å². The Bertz CT molecular complexity index is 668. The van der Waals surface area contributed by atoms with Crippen LogP contribution in [0.25, 0.3) is 0 Å². The number of benzene rings is 1. The lowest BCUT2D eigenvalue weighted by molar-refractivity contribution is -0.117. The average molecular weight is 275 g/mol. The predicted octanol–water partition coefficient (Wildman–Crippen LogP) is 2.35. The molecule has 1 amide bonds. The molecule has 1 aliphatic rings.